The number of aliphatic imine (C=N–C) groups is 1. The highest BCUT2D eigenvalue weighted by molar-refractivity contribution is 14.0. The Kier molecular flexibility index (Phi) is 7.12. The minimum Gasteiger partial charge on any atom is -0.365 e. The van der Waals surface area contributed by atoms with Gasteiger partial charge in [0.25, 0.3) is 0 Å². The zero-order chi connectivity index (χ0) is 17.8. The van der Waals surface area contributed by atoms with Gasteiger partial charge in [-0.3, -0.25) is 4.99 Å². The summed E-state index contributed by atoms with van der Waals surface area (Å²) in [4.78, 5) is 9.96. The highest BCUT2D eigenvalue weighted by Gasteiger charge is 2.27. The minimum atomic E-state index is -0.546. The van der Waals surface area contributed by atoms with Gasteiger partial charge >= 0.3 is 0 Å². The first-order valence-corrected chi connectivity index (χ1v) is 8.02. The van der Waals surface area contributed by atoms with E-state index < -0.39 is 11.6 Å². The average Bonchev–Trinajstić information content (AvgIpc) is 3.20. The summed E-state index contributed by atoms with van der Waals surface area (Å²) in [5, 5.41) is 10.1. The molecule has 1 aromatic carbocycles. The number of nitrogens with one attached hydrogen (secondary N) is 2. The van der Waals surface area contributed by atoms with E-state index in [0.29, 0.717) is 37.3 Å². The molecule has 0 saturated carbocycles. The van der Waals surface area contributed by atoms with E-state index in [1.165, 1.54) is 18.2 Å². The summed E-state index contributed by atoms with van der Waals surface area (Å²) in [7, 11) is 1.65. The number of aromatic nitrogens is 2. The van der Waals surface area contributed by atoms with Gasteiger partial charge in [-0.1, -0.05) is 11.2 Å². The van der Waals surface area contributed by atoms with E-state index >= 15 is 0 Å². The van der Waals surface area contributed by atoms with Crippen LogP contribution in [0.1, 0.15) is 18.1 Å². The van der Waals surface area contributed by atoms with Gasteiger partial charge in [-0.25, -0.2) is 8.78 Å². The van der Waals surface area contributed by atoms with Gasteiger partial charge in [0.15, 0.2) is 11.8 Å². The van der Waals surface area contributed by atoms with Crippen molar-refractivity contribution in [2.75, 3.05) is 25.0 Å². The van der Waals surface area contributed by atoms with E-state index in [-0.39, 0.29) is 35.7 Å². The van der Waals surface area contributed by atoms with Gasteiger partial charge in [-0.2, -0.15) is 4.98 Å². The van der Waals surface area contributed by atoms with Gasteiger partial charge in [-0.05, 0) is 18.6 Å². The van der Waals surface area contributed by atoms with Crippen molar-refractivity contribution in [2.24, 2.45) is 4.99 Å². The third kappa shape index (κ3) is 4.80. The first-order valence-electron chi connectivity index (χ1n) is 8.02. The topological polar surface area (TPSA) is 78.6 Å². The van der Waals surface area contributed by atoms with Crippen LogP contribution < -0.4 is 15.5 Å². The Balaban J connectivity index is 0.00000243. The Bertz CT molecular complexity index is 749. The molecule has 1 atom stereocenters. The van der Waals surface area contributed by atoms with E-state index in [9.17, 15) is 8.78 Å². The predicted octanol–water partition coefficient (Wildman–Crippen LogP) is 2.22. The van der Waals surface area contributed by atoms with Crippen molar-refractivity contribution < 1.29 is 13.3 Å². The number of benzene rings is 1. The molecule has 1 saturated heterocycles. The first-order chi connectivity index (χ1) is 12.1. The molecule has 3 rings (SSSR count). The monoisotopic (exact) mass is 478 g/mol. The molecule has 0 bridgehead atoms. The second-order valence-corrected chi connectivity index (χ2v) is 5.80. The molecule has 0 spiro atoms. The molecule has 7 nitrogen and oxygen atoms in total. The molecule has 10 heteroatoms. The fraction of sp³-hybridized carbons (Fsp3) is 0.438. The second kappa shape index (κ2) is 9.10. The van der Waals surface area contributed by atoms with Crippen LogP contribution in [0.2, 0.25) is 0 Å². The Hall–Kier alpha value is -1.98. The number of nitrogens with zero attached hydrogens (tertiary/aromatic N) is 4. The normalized spacial score (nSPS) is 17.2. The highest BCUT2D eigenvalue weighted by Crippen LogP contribution is 2.26. The number of aryl methyl sites for hydroxylation is 1. The van der Waals surface area contributed by atoms with Crippen LogP contribution in [-0.4, -0.2) is 42.3 Å². The Labute approximate surface area is 167 Å². The predicted molar refractivity (Wildman–Crippen MR) is 105 cm³/mol. The molecule has 2 heterocycles. The molecule has 1 aliphatic rings. The number of halogens is 3. The summed E-state index contributed by atoms with van der Waals surface area (Å²) < 4.78 is 32.7. The molecule has 0 aliphatic carbocycles. The highest BCUT2D eigenvalue weighted by atomic mass is 127. The van der Waals surface area contributed by atoms with Crippen LogP contribution in [0, 0.1) is 18.6 Å². The molecule has 1 aliphatic heterocycles. The molecule has 0 amide bonds. The smallest absolute Gasteiger partial charge is 0.223 e. The van der Waals surface area contributed by atoms with Crippen molar-refractivity contribution in [1.82, 2.24) is 20.8 Å². The van der Waals surface area contributed by atoms with Gasteiger partial charge in [0, 0.05) is 33.1 Å². The second-order valence-electron chi connectivity index (χ2n) is 5.80. The number of para-hydroxylation sites is 1. The molecule has 0 radical (unpaired) electrons. The van der Waals surface area contributed by atoms with Crippen LogP contribution >= 0.6 is 24.0 Å². The van der Waals surface area contributed by atoms with Crippen LogP contribution in [-0.2, 0) is 6.54 Å². The molecule has 1 fully saturated rings. The van der Waals surface area contributed by atoms with Gasteiger partial charge in [0.2, 0.25) is 5.89 Å². The summed E-state index contributed by atoms with van der Waals surface area (Å²) in [5.74, 6) is 0.509. The summed E-state index contributed by atoms with van der Waals surface area (Å²) in [6.45, 7) is 3.14. The summed E-state index contributed by atoms with van der Waals surface area (Å²) in [6.07, 6.45) is 0.746. The van der Waals surface area contributed by atoms with Crippen molar-refractivity contribution >= 4 is 35.6 Å². The molecule has 1 aromatic heterocycles. The van der Waals surface area contributed by atoms with Crippen molar-refractivity contribution in [3.63, 3.8) is 0 Å². The van der Waals surface area contributed by atoms with Gasteiger partial charge in [0.05, 0.1) is 6.54 Å². The molecule has 2 N–H and O–H groups in total. The van der Waals surface area contributed by atoms with Gasteiger partial charge in [-0.15, -0.1) is 24.0 Å². The van der Waals surface area contributed by atoms with Crippen LogP contribution in [0.25, 0.3) is 0 Å². The number of hydrogen-bond acceptors (Lipinski definition) is 5. The summed E-state index contributed by atoms with van der Waals surface area (Å²) in [6, 6.07) is 3.93. The lowest BCUT2D eigenvalue weighted by Crippen LogP contribution is -2.44. The fourth-order valence-corrected chi connectivity index (χ4v) is 2.84. The number of rotatable bonds is 4. The van der Waals surface area contributed by atoms with E-state index in [2.05, 4.69) is 25.8 Å². The quantitative estimate of drug-likeness (QED) is 0.399. The molecule has 142 valence electrons. The number of hydrogen-bond donors (Lipinski definition) is 2. The third-order valence-corrected chi connectivity index (χ3v) is 3.99. The van der Waals surface area contributed by atoms with Gasteiger partial charge in [0.1, 0.15) is 17.3 Å². The minimum absolute atomic E-state index is 0. The molecule has 2 aromatic rings. The number of anilines is 1. The van der Waals surface area contributed by atoms with Crippen LogP contribution in [0.5, 0.6) is 0 Å². The molecule has 26 heavy (non-hydrogen) atoms. The van der Waals surface area contributed by atoms with Crippen LogP contribution in [0.4, 0.5) is 14.5 Å². The number of guanidine groups is 1. The lowest BCUT2D eigenvalue weighted by atomic mass is 10.2. The van der Waals surface area contributed by atoms with Crippen molar-refractivity contribution in [2.45, 2.75) is 25.9 Å². The van der Waals surface area contributed by atoms with E-state index in [0.717, 1.165) is 6.42 Å². The van der Waals surface area contributed by atoms with Crippen molar-refractivity contribution in [3.05, 3.63) is 41.5 Å². The standard InChI is InChI=1S/C16H20F2N6O.HI/c1-10-21-14(23-25-10)8-20-16(19-2)22-11-6-7-24(9-11)15-12(17)4-3-5-13(15)18;/h3-5,11H,6-9H2,1-2H3,(H2,19,20,22);1H. The van der Waals surface area contributed by atoms with Crippen molar-refractivity contribution in [3.8, 4) is 0 Å². The van der Waals surface area contributed by atoms with E-state index in [1.54, 1.807) is 18.9 Å². The maximum Gasteiger partial charge on any atom is 0.223 e. The molecule has 1 unspecified atom stereocenters. The Morgan fingerprint density at radius 2 is 2.12 bits per heavy atom. The molecular formula is C16H21F2IN6O. The Morgan fingerprint density at radius 3 is 2.73 bits per heavy atom. The molecular weight excluding hydrogens is 457 g/mol. The lowest BCUT2D eigenvalue weighted by Gasteiger charge is -2.21. The average molecular weight is 478 g/mol. The lowest BCUT2D eigenvalue weighted by molar-refractivity contribution is 0.386. The van der Waals surface area contributed by atoms with E-state index in [4.69, 9.17) is 4.52 Å². The summed E-state index contributed by atoms with van der Waals surface area (Å²) >= 11 is 0. The zero-order valence-electron chi connectivity index (χ0n) is 14.5. The van der Waals surface area contributed by atoms with Crippen molar-refractivity contribution in [1.29, 1.82) is 0 Å². The maximum atomic E-state index is 13.9. The maximum absolute atomic E-state index is 13.9. The first kappa shape index (κ1) is 20.3. The largest absolute Gasteiger partial charge is 0.365 e. The summed E-state index contributed by atoms with van der Waals surface area (Å²) in [5.41, 5.74) is 0.0250. The zero-order valence-corrected chi connectivity index (χ0v) is 16.8. The van der Waals surface area contributed by atoms with E-state index in [1.807, 2.05) is 0 Å². The third-order valence-electron chi connectivity index (χ3n) is 3.99. The Morgan fingerprint density at radius 1 is 1.38 bits per heavy atom. The van der Waals surface area contributed by atoms with Crippen LogP contribution in [0.3, 0.4) is 0 Å². The SMILES string of the molecule is CN=C(NCc1noc(C)n1)NC1CCN(c2c(F)cccc2F)C1.I. The fourth-order valence-electron chi connectivity index (χ4n) is 2.84. The van der Waals surface area contributed by atoms with Gasteiger partial charge < -0.3 is 20.1 Å². The van der Waals surface area contributed by atoms with Crippen LogP contribution in [0.15, 0.2) is 27.7 Å².